The van der Waals surface area contributed by atoms with Crippen LogP contribution in [0, 0.1) is 23.5 Å². The van der Waals surface area contributed by atoms with Gasteiger partial charge >= 0.3 is 6.16 Å². The molecular formula is C28H42F4O3. The van der Waals surface area contributed by atoms with Crippen LogP contribution in [0.1, 0.15) is 121 Å². The van der Waals surface area contributed by atoms with Gasteiger partial charge in [-0.05, 0) is 31.2 Å². The largest absolute Gasteiger partial charge is 0.511 e. The number of benzene rings is 1. The van der Waals surface area contributed by atoms with Crippen LogP contribution in [0.3, 0.4) is 0 Å². The molecule has 0 saturated heterocycles. The summed E-state index contributed by atoms with van der Waals surface area (Å²) < 4.78 is 61.4. The average Bonchev–Trinajstić information content (AvgIpc) is 2.82. The molecule has 7 heteroatoms. The van der Waals surface area contributed by atoms with Crippen molar-refractivity contribution in [3.8, 4) is 5.75 Å². The van der Waals surface area contributed by atoms with Gasteiger partial charge < -0.3 is 9.84 Å². The number of rotatable bonds is 10. The minimum atomic E-state index is -3.34. The SMILES string of the molecule is CCCCCC1CCCCC1.CCCCCCC1CCc2c(cc(F)c(OC(=O)O)c2F)C1(F)F. The van der Waals surface area contributed by atoms with Crippen molar-refractivity contribution in [2.75, 3.05) is 0 Å². The van der Waals surface area contributed by atoms with Crippen LogP contribution in [-0.4, -0.2) is 11.3 Å². The second kappa shape index (κ2) is 14.7. The molecule has 0 bridgehead atoms. The van der Waals surface area contributed by atoms with E-state index in [1.165, 1.54) is 57.8 Å². The van der Waals surface area contributed by atoms with Crippen LogP contribution in [0.25, 0.3) is 0 Å². The smallest absolute Gasteiger partial charge is 0.449 e. The Kier molecular flexibility index (Phi) is 12.4. The van der Waals surface area contributed by atoms with Crippen LogP contribution >= 0.6 is 0 Å². The van der Waals surface area contributed by atoms with Gasteiger partial charge in [-0.1, -0.05) is 97.3 Å². The van der Waals surface area contributed by atoms with E-state index in [9.17, 15) is 22.4 Å². The van der Waals surface area contributed by atoms with E-state index >= 15 is 0 Å². The van der Waals surface area contributed by atoms with Crippen molar-refractivity contribution in [1.29, 1.82) is 0 Å². The van der Waals surface area contributed by atoms with Gasteiger partial charge in [0.25, 0.3) is 5.92 Å². The van der Waals surface area contributed by atoms with Gasteiger partial charge in [0.2, 0.25) is 5.75 Å². The molecule has 0 radical (unpaired) electrons. The van der Waals surface area contributed by atoms with Gasteiger partial charge in [-0.3, -0.25) is 0 Å². The van der Waals surface area contributed by atoms with Crippen LogP contribution < -0.4 is 4.74 Å². The average molecular weight is 503 g/mol. The lowest BCUT2D eigenvalue weighted by Crippen LogP contribution is -2.33. The van der Waals surface area contributed by atoms with Crippen LogP contribution in [0.2, 0.25) is 0 Å². The molecule has 200 valence electrons. The lowest BCUT2D eigenvalue weighted by Gasteiger charge is -2.34. The Balaban J connectivity index is 0.000000328. The molecule has 3 nitrogen and oxygen atoms in total. The molecule has 1 aromatic carbocycles. The third-order valence-electron chi connectivity index (χ3n) is 7.43. The van der Waals surface area contributed by atoms with Crippen molar-refractivity contribution in [2.45, 2.75) is 123 Å². The number of carbonyl (C=O) groups is 1. The number of unbranched alkanes of at least 4 members (excludes halogenated alkanes) is 5. The minimum absolute atomic E-state index is 0.00542. The number of fused-ring (bicyclic) bond motifs is 1. The fourth-order valence-corrected chi connectivity index (χ4v) is 5.38. The van der Waals surface area contributed by atoms with Gasteiger partial charge in [0.05, 0.1) is 0 Å². The summed E-state index contributed by atoms with van der Waals surface area (Å²) in [5.74, 6) is -7.12. The molecule has 1 aromatic rings. The van der Waals surface area contributed by atoms with E-state index < -0.39 is 40.9 Å². The van der Waals surface area contributed by atoms with Crippen LogP contribution in [-0.2, 0) is 12.3 Å². The fraction of sp³-hybridized carbons (Fsp3) is 0.750. The van der Waals surface area contributed by atoms with Gasteiger partial charge in [0.15, 0.2) is 11.6 Å². The van der Waals surface area contributed by atoms with E-state index in [4.69, 9.17) is 5.11 Å². The van der Waals surface area contributed by atoms with Gasteiger partial charge in [-0.2, -0.15) is 0 Å². The van der Waals surface area contributed by atoms with E-state index in [1.54, 1.807) is 0 Å². The Morgan fingerprint density at radius 1 is 0.971 bits per heavy atom. The zero-order valence-electron chi connectivity index (χ0n) is 21.3. The first-order valence-corrected chi connectivity index (χ1v) is 13.5. The highest BCUT2D eigenvalue weighted by Gasteiger charge is 2.47. The van der Waals surface area contributed by atoms with Gasteiger partial charge in [-0.15, -0.1) is 0 Å². The first-order chi connectivity index (χ1) is 16.7. The first kappa shape index (κ1) is 29.4. The third kappa shape index (κ3) is 8.68. The van der Waals surface area contributed by atoms with Gasteiger partial charge in [-0.25, -0.2) is 22.4 Å². The molecule has 0 heterocycles. The van der Waals surface area contributed by atoms with Crippen molar-refractivity contribution in [2.24, 2.45) is 11.8 Å². The maximum absolute atomic E-state index is 14.6. The second-order valence-electron chi connectivity index (χ2n) is 10.1. The summed E-state index contributed by atoms with van der Waals surface area (Å²) in [6.45, 7) is 4.31. The lowest BCUT2D eigenvalue weighted by atomic mass is 9.77. The molecule has 3 rings (SSSR count). The van der Waals surface area contributed by atoms with Gasteiger partial charge in [0.1, 0.15) is 0 Å². The van der Waals surface area contributed by atoms with Crippen molar-refractivity contribution < 1.29 is 32.2 Å². The second-order valence-corrected chi connectivity index (χ2v) is 10.1. The highest BCUT2D eigenvalue weighted by atomic mass is 19.3. The van der Waals surface area contributed by atoms with Crippen molar-refractivity contribution in [3.63, 3.8) is 0 Å². The number of hydrogen-bond donors (Lipinski definition) is 1. The van der Waals surface area contributed by atoms with E-state index in [-0.39, 0.29) is 18.4 Å². The minimum Gasteiger partial charge on any atom is -0.449 e. The monoisotopic (exact) mass is 502 g/mol. The molecule has 2 aliphatic rings. The predicted molar refractivity (Wildman–Crippen MR) is 130 cm³/mol. The molecule has 1 N–H and O–H groups in total. The molecule has 0 amide bonds. The molecule has 1 unspecified atom stereocenters. The highest BCUT2D eigenvalue weighted by molar-refractivity contribution is 5.62. The quantitative estimate of drug-likeness (QED) is 0.150. The van der Waals surface area contributed by atoms with Crippen LogP contribution in [0.4, 0.5) is 22.4 Å². The van der Waals surface area contributed by atoms with E-state index in [0.29, 0.717) is 18.9 Å². The Morgan fingerprint density at radius 2 is 1.60 bits per heavy atom. The third-order valence-corrected chi connectivity index (χ3v) is 7.43. The number of carboxylic acid groups (broad SMARTS) is 1. The summed E-state index contributed by atoms with van der Waals surface area (Å²) in [7, 11) is 0. The fourth-order valence-electron chi connectivity index (χ4n) is 5.38. The number of halogens is 4. The predicted octanol–water partition coefficient (Wildman–Crippen LogP) is 9.79. The van der Waals surface area contributed by atoms with Crippen LogP contribution in [0.15, 0.2) is 6.07 Å². The van der Waals surface area contributed by atoms with Gasteiger partial charge in [0, 0.05) is 17.0 Å². The maximum atomic E-state index is 14.6. The summed E-state index contributed by atoms with van der Waals surface area (Å²) in [4.78, 5) is 10.5. The van der Waals surface area contributed by atoms with E-state index in [2.05, 4.69) is 11.7 Å². The van der Waals surface area contributed by atoms with E-state index in [1.807, 2.05) is 6.92 Å². The molecule has 1 atom stereocenters. The number of hydrogen-bond acceptors (Lipinski definition) is 2. The standard InChI is InChI=1S/C17H20F4O3.C11H22/c1-2-3-4-5-6-10-7-8-11-12(17(10,20)21)9-13(18)15(14(11)19)24-16(22)23;1-2-3-5-8-11-9-6-4-7-10-11/h9-10H,2-8H2,1H3,(H,22,23);11H,2-10H2,1H3. The lowest BCUT2D eigenvalue weighted by molar-refractivity contribution is -0.0798. The van der Waals surface area contributed by atoms with E-state index in [0.717, 1.165) is 25.2 Å². The topological polar surface area (TPSA) is 46.5 Å². The molecule has 0 aliphatic heterocycles. The Bertz CT molecular complexity index is 791. The maximum Gasteiger partial charge on any atom is 0.511 e. The van der Waals surface area contributed by atoms with Crippen molar-refractivity contribution in [1.82, 2.24) is 0 Å². The highest BCUT2D eigenvalue weighted by Crippen LogP contribution is 2.48. The molecule has 0 spiro atoms. The van der Waals surface area contributed by atoms with Crippen LogP contribution in [0.5, 0.6) is 5.75 Å². The first-order valence-electron chi connectivity index (χ1n) is 13.5. The molecule has 0 aromatic heterocycles. The molecule has 1 fully saturated rings. The molecule has 2 aliphatic carbocycles. The zero-order chi connectivity index (χ0) is 25.8. The summed E-state index contributed by atoms with van der Waals surface area (Å²) >= 11 is 0. The molecular weight excluding hydrogens is 460 g/mol. The van der Waals surface area contributed by atoms with Crippen molar-refractivity contribution in [3.05, 3.63) is 28.8 Å². The summed E-state index contributed by atoms with van der Waals surface area (Å²) in [5, 5.41) is 8.50. The molecule has 35 heavy (non-hydrogen) atoms. The normalized spacial score (nSPS) is 19.4. The number of alkyl halides is 2. The summed E-state index contributed by atoms with van der Waals surface area (Å²) in [6.07, 6.45) is 15.4. The Hall–Kier alpha value is -1.79. The number of ether oxygens (including phenoxy) is 1. The summed E-state index contributed by atoms with van der Waals surface area (Å²) in [6, 6.07) is 0.509. The zero-order valence-corrected chi connectivity index (χ0v) is 21.3. The Morgan fingerprint density at radius 3 is 2.23 bits per heavy atom. The van der Waals surface area contributed by atoms with Crippen molar-refractivity contribution >= 4 is 6.16 Å². The summed E-state index contributed by atoms with van der Waals surface area (Å²) in [5.41, 5.74) is -1.05. The Labute approximate surface area is 207 Å². The molecule has 1 saturated carbocycles.